The molecule has 0 atom stereocenters. The summed E-state index contributed by atoms with van der Waals surface area (Å²) in [6.45, 7) is 0. The molecule has 0 radical (unpaired) electrons. The molecule has 0 saturated carbocycles. The highest BCUT2D eigenvalue weighted by Gasteiger charge is 2.13. The summed E-state index contributed by atoms with van der Waals surface area (Å²) < 4.78 is 0. The van der Waals surface area contributed by atoms with Gasteiger partial charge in [-0.3, -0.25) is 0 Å². The molecule has 0 N–H and O–H groups in total. The van der Waals surface area contributed by atoms with Crippen LogP contribution < -0.4 is 4.90 Å². The third-order valence-corrected chi connectivity index (χ3v) is 4.39. The van der Waals surface area contributed by atoms with Crippen LogP contribution in [-0.2, 0) is 0 Å². The summed E-state index contributed by atoms with van der Waals surface area (Å²) in [5, 5.41) is 11.3. The van der Waals surface area contributed by atoms with Crippen molar-refractivity contribution in [3.05, 3.63) is 97.1 Å². The fourth-order valence-electron chi connectivity index (χ4n) is 3.06. The number of fused-ring (bicyclic) bond motifs is 1. The molecular formula is C23H19N3. The molecule has 0 aromatic heterocycles. The van der Waals surface area contributed by atoms with Crippen molar-refractivity contribution >= 4 is 33.5 Å². The Morgan fingerprint density at radius 2 is 1.27 bits per heavy atom. The van der Waals surface area contributed by atoms with Crippen molar-refractivity contribution < 1.29 is 0 Å². The van der Waals surface area contributed by atoms with Gasteiger partial charge in [0.05, 0.1) is 11.4 Å². The predicted octanol–water partition coefficient (Wildman–Crippen LogP) is 7.02. The Kier molecular flexibility index (Phi) is 4.44. The first-order valence-electron chi connectivity index (χ1n) is 8.60. The SMILES string of the molecule is CN(c1ccccc1)c1c(N=Nc2ccccc2)ccc2ccccc12. The van der Waals surface area contributed by atoms with E-state index in [0.29, 0.717) is 0 Å². The molecule has 0 bridgehead atoms. The number of hydrogen-bond donors (Lipinski definition) is 0. The van der Waals surface area contributed by atoms with Crippen LogP contribution in [0.25, 0.3) is 10.8 Å². The summed E-state index contributed by atoms with van der Waals surface area (Å²) in [6, 6.07) is 32.6. The van der Waals surface area contributed by atoms with E-state index in [4.69, 9.17) is 0 Å². The van der Waals surface area contributed by atoms with Gasteiger partial charge < -0.3 is 4.90 Å². The second-order valence-electron chi connectivity index (χ2n) is 6.08. The van der Waals surface area contributed by atoms with Gasteiger partial charge >= 0.3 is 0 Å². The molecule has 126 valence electrons. The third kappa shape index (κ3) is 3.20. The zero-order chi connectivity index (χ0) is 17.8. The van der Waals surface area contributed by atoms with Gasteiger partial charge in [0.15, 0.2) is 0 Å². The monoisotopic (exact) mass is 337 g/mol. The molecule has 0 aliphatic carbocycles. The molecular weight excluding hydrogens is 318 g/mol. The standard InChI is InChI=1S/C23H19N3/c1-26(20-13-6-3-7-14-20)23-21-15-9-8-10-18(21)16-17-22(23)25-24-19-11-4-2-5-12-19/h2-17H,1H3. The van der Waals surface area contributed by atoms with E-state index in [1.807, 2.05) is 54.6 Å². The smallest absolute Gasteiger partial charge is 0.110 e. The van der Waals surface area contributed by atoms with Crippen LogP contribution in [-0.4, -0.2) is 7.05 Å². The number of para-hydroxylation sites is 1. The van der Waals surface area contributed by atoms with Crippen LogP contribution in [0, 0.1) is 0 Å². The van der Waals surface area contributed by atoms with E-state index in [0.717, 1.165) is 28.1 Å². The van der Waals surface area contributed by atoms with Crippen molar-refractivity contribution in [2.45, 2.75) is 0 Å². The Morgan fingerprint density at radius 1 is 0.615 bits per heavy atom. The molecule has 0 fully saturated rings. The maximum absolute atomic E-state index is 4.56. The van der Waals surface area contributed by atoms with E-state index in [2.05, 4.69) is 64.6 Å². The molecule has 0 unspecified atom stereocenters. The molecule has 0 spiro atoms. The second-order valence-corrected chi connectivity index (χ2v) is 6.08. The van der Waals surface area contributed by atoms with Gasteiger partial charge in [0, 0.05) is 18.1 Å². The number of rotatable bonds is 4. The zero-order valence-electron chi connectivity index (χ0n) is 14.6. The molecule has 26 heavy (non-hydrogen) atoms. The molecule has 4 aromatic carbocycles. The molecule has 4 rings (SSSR count). The second kappa shape index (κ2) is 7.19. The predicted molar refractivity (Wildman–Crippen MR) is 109 cm³/mol. The van der Waals surface area contributed by atoms with Crippen LogP contribution >= 0.6 is 0 Å². The van der Waals surface area contributed by atoms with Crippen molar-refractivity contribution in [1.29, 1.82) is 0 Å². The lowest BCUT2D eigenvalue weighted by Gasteiger charge is -2.23. The number of azo groups is 1. The molecule has 0 aliphatic heterocycles. The van der Waals surface area contributed by atoms with Crippen molar-refractivity contribution in [3.63, 3.8) is 0 Å². The molecule has 0 heterocycles. The van der Waals surface area contributed by atoms with Crippen LogP contribution in [0.3, 0.4) is 0 Å². The van der Waals surface area contributed by atoms with Gasteiger partial charge in [-0.1, -0.05) is 66.7 Å². The minimum Gasteiger partial charge on any atom is -0.342 e. The third-order valence-electron chi connectivity index (χ3n) is 4.39. The van der Waals surface area contributed by atoms with Crippen molar-refractivity contribution in [3.8, 4) is 0 Å². The fourth-order valence-corrected chi connectivity index (χ4v) is 3.06. The van der Waals surface area contributed by atoms with E-state index in [-0.39, 0.29) is 0 Å². The minimum absolute atomic E-state index is 0.842. The number of nitrogens with zero attached hydrogens (tertiary/aromatic N) is 3. The van der Waals surface area contributed by atoms with E-state index in [9.17, 15) is 0 Å². The molecule has 4 aromatic rings. The van der Waals surface area contributed by atoms with Crippen LogP contribution in [0.15, 0.2) is 107 Å². The van der Waals surface area contributed by atoms with Crippen LogP contribution in [0.2, 0.25) is 0 Å². The van der Waals surface area contributed by atoms with Gasteiger partial charge in [0.25, 0.3) is 0 Å². The number of hydrogen-bond acceptors (Lipinski definition) is 3. The lowest BCUT2D eigenvalue weighted by molar-refractivity contribution is 1.18. The zero-order valence-corrected chi connectivity index (χ0v) is 14.6. The average Bonchev–Trinajstić information content (AvgIpc) is 2.72. The number of anilines is 2. The fraction of sp³-hybridized carbons (Fsp3) is 0.0435. The first-order chi connectivity index (χ1) is 12.8. The summed E-state index contributed by atoms with van der Waals surface area (Å²) in [5.41, 5.74) is 3.85. The molecule has 0 saturated heterocycles. The maximum Gasteiger partial charge on any atom is 0.110 e. The topological polar surface area (TPSA) is 28.0 Å². The largest absolute Gasteiger partial charge is 0.342 e. The minimum atomic E-state index is 0.842. The number of benzene rings is 4. The Morgan fingerprint density at radius 3 is 2.04 bits per heavy atom. The van der Waals surface area contributed by atoms with E-state index >= 15 is 0 Å². The highest BCUT2D eigenvalue weighted by atomic mass is 15.2. The molecule has 0 aliphatic rings. The van der Waals surface area contributed by atoms with Gasteiger partial charge in [-0.05, 0) is 35.7 Å². The first-order valence-corrected chi connectivity index (χ1v) is 8.60. The summed E-state index contributed by atoms with van der Waals surface area (Å²) in [4.78, 5) is 2.17. The highest BCUT2D eigenvalue weighted by molar-refractivity contribution is 6.01. The van der Waals surface area contributed by atoms with Crippen LogP contribution in [0.4, 0.5) is 22.7 Å². The average molecular weight is 337 g/mol. The van der Waals surface area contributed by atoms with Gasteiger partial charge in [-0.15, -0.1) is 5.11 Å². The lowest BCUT2D eigenvalue weighted by Crippen LogP contribution is -2.10. The van der Waals surface area contributed by atoms with Gasteiger partial charge in [0.2, 0.25) is 0 Å². The Hall–Kier alpha value is -3.46. The Labute approximate surface area is 153 Å². The summed E-state index contributed by atoms with van der Waals surface area (Å²) in [7, 11) is 2.07. The van der Waals surface area contributed by atoms with Crippen molar-refractivity contribution in [1.82, 2.24) is 0 Å². The van der Waals surface area contributed by atoms with E-state index in [1.165, 1.54) is 5.39 Å². The van der Waals surface area contributed by atoms with Crippen molar-refractivity contribution in [2.75, 3.05) is 11.9 Å². The Balaban J connectivity index is 1.86. The highest BCUT2D eigenvalue weighted by Crippen LogP contribution is 2.39. The van der Waals surface area contributed by atoms with Crippen LogP contribution in [0.5, 0.6) is 0 Å². The van der Waals surface area contributed by atoms with Gasteiger partial charge in [0.1, 0.15) is 5.69 Å². The van der Waals surface area contributed by atoms with Crippen LogP contribution in [0.1, 0.15) is 0 Å². The summed E-state index contributed by atoms with van der Waals surface area (Å²) in [6.07, 6.45) is 0. The van der Waals surface area contributed by atoms with Gasteiger partial charge in [-0.25, -0.2) is 0 Å². The summed E-state index contributed by atoms with van der Waals surface area (Å²) in [5.74, 6) is 0. The normalized spacial score (nSPS) is 11.1. The molecule has 3 heteroatoms. The van der Waals surface area contributed by atoms with Crippen molar-refractivity contribution in [2.24, 2.45) is 10.2 Å². The quantitative estimate of drug-likeness (QED) is 0.368. The maximum atomic E-state index is 4.56. The Bertz CT molecular complexity index is 1040. The van der Waals surface area contributed by atoms with Gasteiger partial charge in [-0.2, -0.15) is 5.11 Å². The van der Waals surface area contributed by atoms with E-state index in [1.54, 1.807) is 0 Å². The molecule has 0 amide bonds. The lowest BCUT2D eigenvalue weighted by atomic mass is 10.1. The van der Waals surface area contributed by atoms with E-state index < -0.39 is 0 Å². The first kappa shape index (κ1) is 16.0. The summed E-state index contributed by atoms with van der Waals surface area (Å²) >= 11 is 0. The molecule has 3 nitrogen and oxygen atoms in total.